The molecule has 3 heterocycles. The van der Waals surface area contributed by atoms with E-state index in [4.69, 9.17) is 4.74 Å². The summed E-state index contributed by atoms with van der Waals surface area (Å²) in [7, 11) is 1.67. The van der Waals surface area contributed by atoms with E-state index in [0.717, 1.165) is 37.0 Å². The number of amides is 1. The number of piperidine rings is 1. The average Bonchev–Trinajstić information content (AvgIpc) is 2.65. The average molecular weight is 329 g/mol. The normalized spacial score (nSPS) is 17.9. The number of hydrogen-bond acceptors (Lipinski definition) is 6. The van der Waals surface area contributed by atoms with Crippen molar-refractivity contribution in [2.75, 3.05) is 38.3 Å². The van der Waals surface area contributed by atoms with Crippen LogP contribution in [0.15, 0.2) is 24.7 Å². The van der Waals surface area contributed by atoms with Crippen LogP contribution in [0.1, 0.15) is 19.3 Å². The zero-order valence-corrected chi connectivity index (χ0v) is 13.9. The second kappa shape index (κ2) is 8.01. The first kappa shape index (κ1) is 16.6. The Morgan fingerprint density at radius 2 is 2.25 bits per heavy atom. The molecule has 2 aromatic heterocycles. The number of nitrogens with zero attached hydrogens (tertiary/aromatic N) is 4. The van der Waals surface area contributed by atoms with Crippen molar-refractivity contribution in [1.82, 2.24) is 20.3 Å². The molecule has 128 valence electrons. The third-order valence-corrected chi connectivity index (χ3v) is 4.29. The summed E-state index contributed by atoms with van der Waals surface area (Å²) in [4.78, 5) is 27.4. The molecule has 3 rings (SSSR count). The summed E-state index contributed by atoms with van der Waals surface area (Å²) in [5.41, 5.74) is 2.42. The summed E-state index contributed by atoms with van der Waals surface area (Å²) in [6, 6.07) is 1.99. The maximum Gasteiger partial charge on any atom is 0.224 e. The van der Waals surface area contributed by atoms with Gasteiger partial charge in [-0.3, -0.25) is 9.78 Å². The van der Waals surface area contributed by atoms with Gasteiger partial charge in [0.25, 0.3) is 0 Å². The lowest BCUT2D eigenvalue weighted by Crippen LogP contribution is -2.43. The number of pyridine rings is 1. The summed E-state index contributed by atoms with van der Waals surface area (Å²) < 4.78 is 5.00. The molecular formula is C17H23N5O2. The molecule has 1 aliphatic heterocycles. The molecule has 0 aliphatic carbocycles. The monoisotopic (exact) mass is 329 g/mol. The van der Waals surface area contributed by atoms with Crippen LogP contribution < -0.4 is 10.2 Å². The maximum absolute atomic E-state index is 12.3. The van der Waals surface area contributed by atoms with Gasteiger partial charge < -0.3 is 15.0 Å². The van der Waals surface area contributed by atoms with Gasteiger partial charge in [0, 0.05) is 45.7 Å². The van der Waals surface area contributed by atoms with Gasteiger partial charge in [0.1, 0.15) is 5.52 Å². The molecule has 1 atom stereocenters. The number of carbonyl (C=O) groups is 1. The van der Waals surface area contributed by atoms with Gasteiger partial charge in [0.2, 0.25) is 5.91 Å². The van der Waals surface area contributed by atoms with E-state index in [1.165, 1.54) is 0 Å². The van der Waals surface area contributed by atoms with Crippen LogP contribution in [-0.2, 0) is 9.53 Å². The summed E-state index contributed by atoms with van der Waals surface area (Å²) >= 11 is 0. The van der Waals surface area contributed by atoms with Crippen LogP contribution in [0, 0.1) is 5.92 Å². The van der Waals surface area contributed by atoms with E-state index in [1.54, 1.807) is 19.5 Å². The summed E-state index contributed by atoms with van der Waals surface area (Å²) in [6.45, 7) is 2.97. The smallest absolute Gasteiger partial charge is 0.224 e. The van der Waals surface area contributed by atoms with Crippen LogP contribution in [0.4, 0.5) is 5.69 Å². The van der Waals surface area contributed by atoms with Gasteiger partial charge in [-0.05, 0) is 25.3 Å². The standard InChI is InChI=1S/C17H23N5O2/c1-24-9-3-5-20-17(23)13-4-2-8-22(12-13)14-10-15-16(21-11-14)19-7-6-18-15/h6-7,10-11,13H,2-5,8-9,12H2,1H3,(H,20,23)/t13-/m0/s1. The van der Waals surface area contributed by atoms with Gasteiger partial charge >= 0.3 is 0 Å². The quantitative estimate of drug-likeness (QED) is 0.807. The zero-order chi connectivity index (χ0) is 16.8. The fourth-order valence-corrected chi connectivity index (χ4v) is 3.02. The number of hydrogen-bond donors (Lipinski definition) is 1. The van der Waals surface area contributed by atoms with Gasteiger partial charge in [-0.1, -0.05) is 0 Å². The van der Waals surface area contributed by atoms with Crippen LogP contribution in [0.3, 0.4) is 0 Å². The third kappa shape index (κ3) is 3.97. The first-order chi connectivity index (χ1) is 11.8. The third-order valence-electron chi connectivity index (χ3n) is 4.29. The van der Waals surface area contributed by atoms with Crippen molar-refractivity contribution in [1.29, 1.82) is 0 Å². The molecule has 1 aliphatic rings. The highest BCUT2D eigenvalue weighted by molar-refractivity contribution is 5.80. The molecule has 1 fully saturated rings. The van der Waals surface area contributed by atoms with Gasteiger partial charge in [-0.25, -0.2) is 9.97 Å². The Morgan fingerprint density at radius 1 is 1.38 bits per heavy atom. The molecule has 7 heteroatoms. The Labute approximate surface area is 141 Å². The lowest BCUT2D eigenvalue weighted by molar-refractivity contribution is -0.125. The predicted octanol–water partition coefficient (Wildman–Crippen LogP) is 1.39. The van der Waals surface area contributed by atoms with Gasteiger partial charge in [-0.15, -0.1) is 0 Å². The van der Waals surface area contributed by atoms with Crippen molar-refractivity contribution in [3.05, 3.63) is 24.7 Å². The minimum Gasteiger partial charge on any atom is -0.385 e. The summed E-state index contributed by atoms with van der Waals surface area (Å²) in [5.74, 6) is 0.142. The number of fused-ring (bicyclic) bond motifs is 1. The molecule has 1 saturated heterocycles. The van der Waals surface area contributed by atoms with E-state index in [1.807, 2.05) is 12.3 Å². The Bertz CT molecular complexity index is 693. The van der Waals surface area contributed by atoms with Crippen molar-refractivity contribution >= 4 is 22.8 Å². The van der Waals surface area contributed by atoms with Crippen molar-refractivity contribution < 1.29 is 9.53 Å². The lowest BCUT2D eigenvalue weighted by Gasteiger charge is -2.33. The Balaban J connectivity index is 1.62. The minimum absolute atomic E-state index is 0.0128. The highest BCUT2D eigenvalue weighted by atomic mass is 16.5. The van der Waals surface area contributed by atoms with Crippen molar-refractivity contribution in [3.63, 3.8) is 0 Å². The van der Waals surface area contributed by atoms with Gasteiger partial charge in [0.05, 0.1) is 17.8 Å². The molecule has 0 aromatic carbocycles. The molecule has 24 heavy (non-hydrogen) atoms. The van der Waals surface area contributed by atoms with Gasteiger partial charge in [-0.2, -0.15) is 0 Å². The number of rotatable bonds is 6. The summed E-state index contributed by atoms with van der Waals surface area (Å²) in [5, 5.41) is 3.01. The highest BCUT2D eigenvalue weighted by Crippen LogP contribution is 2.24. The molecule has 0 radical (unpaired) electrons. The lowest BCUT2D eigenvalue weighted by atomic mass is 9.96. The van der Waals surface area contributed by atoms with Crippen molar-refractivity contribution in [3.8, 4) is 0 Å². The number of nitrogens with one attached hydrogen (secondary N) is 1. The number of carbonyl (C=O) groups excluding carboxylic acids is 1. The van der Waals surface area contributed by atoms with Crippen LogP contribution >= 0.6 is 0 Å². The number of methoxy groups -OCH3 is 1. The van der Waals surface area contributed by atoms with E-state index < -0.39 is 0 Å². The van der Waals surface area contributed by atoms with Crippen molar-refractivity contribution in [2.45, 2.75) is 19.3 Å². The molecule has 0 bridgehead atoms. The molecule has 1 N–H and O–H groups in total. The number of ether oxygens (including phenoxy) is 1. The topological polar surface area (TPSA) is 80.2 Å². The second-order valence-corrected chi connectivity index (χ2v) is 6.02. The van der Waals surface area contributed by atoms with E-state index in [-0.39, 0.29) is 11.8 Å². The van der Waals surface area contributed by atoms with Gasteiger partial charge in [0.15, 0.2) is 5.65 Å². The van der Waals surface area contributed by atoms with Crippen molar-refractivity contribution in [2.24, 2.45) is 5.92 Å². The van der Waals surface area contributed by atoms with E-state index in [2.05, 4.69) is 25.2 Å². The highest BCUT2D eigenvalue weighted by Gasteiger charge is 2.26. The van der Waals surface area contributed by atoms with E-state index in [9.17, 15) is 4.79 Å². The number of aromatic nitrogens is 3. The largest absolute Gasteiger partial charge is 0.385 e. The Hall–Kier alpha value is -2.28. The molecule has 0 saturated carbocycles. The maximum atomic E-state index is 12.3. The van der Waals surface area contributed by atoms with Crippen LogP contribution in [0.5, 0.6) is 0 Å². The van der Waals surface area contributed by atoms with Crippen LogP contribution in [-0.4, -0.2) is 54.2 Å². The first-order valence-electron chi connectivity index (χ1n) is 8.36. The zero-order valence-electron chi connectivity index (χ0n) is 13.9. The predicted molar refractivity (Wildman–Crippen MR) is 91.8 cm³/mol. The second-order valence-electron chi connectivity index (χ2n) is 6.02. The Kier molecular flexibility index (Phi) is 5.53. The summed E-state index contributed by atoms with van der Waals surface area (Å²) in [6.07, 6.45) is 7.88. The first-order valence-corrected chi connectivity index (χ1v) is 8.36. The molecule has 2 aromatic rings. The van der Waals surface area contributed by atoms with Crippen LogP contribution in [0.2, 0.25) is 0 Å². The molecular weight excluding hydrogens is 306 g/mol. The van der Waals surface area contributed by atoms with E-state index in [0.29, 0.717) is 25.3 Å². The molecule has 7 nitrogen and oxygen atoms in total. The van der Waals surface area contributed by atoms with E-state index >= 15 is 0 Å². The molecule has 0 unspecified atom stereocenters. The Morgan fingerprint density at radius 3 is 3.12 bits per heavy atom. The number of anilines is 1. The fraction of sp³-hybridized carbons (Fsp3) is 0.529. The molecule has 0 spiro atoms. The minimum atomic E-state index is 0.0128. The van der Waals surface area contributed by atoms with Crippen LogP contribution in [0.25, 0.3) is 11.2 Å². The fourth-order valence-electron chi connectivity index (χ4n) is 3.02. The SMILES string of the molecule is COCCCNC(=O)[C@H]1CCCN(c2cnc3nccnc3c2)C1. The molecule has 1 amide bonds.